The van der Waals surface area contributed by atoms with Crippen LogP contribution in [0, 0.1) is 12.3 Å². The number of aryl methyl sites for hydroxylation is 1. The molecule has 0 amide bonds. The van der Waals surface area contributed by atoms with Crippen LogP contribution in [0.5, 0.6) is 0 Å². The lowest BCUT2D eigenvalue weighted by Crippen LogP contribution is -2.16. The Morgan fingerprint density at radius 1 is 1.57 bits per heavy atom. The van der Waals surface area contributed by atoms with E-state index in [0.717, 1.165) is 6.42 Å². The Morgan fingerprint density at radius 2 is 2.14 bits per heavy atom. The molecule has 0 saturated heterocycles. The van der Waals surface area contributed by atoms with Gasteiger partial charge in [0.05, 0.1) is 9.16 Å². The molecule has 0 radical (unpaired) electrons. The maximum absolute atomic E-state index is 6.50. The largest absolute Gasteiger partial charge is 0.133 e. The van der Waals surface area contributed by atoms with Crippen LogP contribution in [-0.2, 0) is 0 Å². The van der Waals surface area contributed by atoms with Crippen LogP contribution in [0.4, 0.5) is 0 Å². The van der Waals surface area contributed by atoms with Crippen molar-refractivity contribution in [3.05, 3.63) is 20.3 Å². The van der Waals surface area contributed by atoms with Crippen LogP contribution >= 0.6 is 38.9 Å². The van der Waals surface area contributed by atoms with Crippen molar-refractivity contribution in [1.29, 1.82) is 0 Å². The second-order valence-corrected chi connectivity index (χ2v) is 7.34. The minimum Gasteiger partial charge on any atom is -0.133 e. The first-order chi connectivity index (χ1) is 6.38. The highest BCUT2D eigenvalue weighted by molar-refractivity contribution is 9.11. The zero-order chi connectivity index (χ0) is 10.9. The number of hydrogen-bond acceptors (Lipinski definition) is 1. The van der Waals surface area contributed by atoms with Crippen LogP contribution in [0.3, 0.4) is 0 Å². The van der Waals surface area contributed by atoms with Crippen molar-refractivity contribution in [3.63, 3.8) is 0 Å². The Labute approximate surface area is 104 Å². The van der Waals surface area contributed by atoms with E-state index < -0.39 is 0 Å². The molecule has 0 aliphatic rings. The standard InChI is InChI=1S/C11H16BrClS/c1-5-11(3,4)10(13)8-6-9(12)14-7(8)2/h6,10H,5H2,1-4H3. The quantitative estimate of drug-likeness (QED) is 0.643. The van der Waals surface area contributed by atoms with Crippen LogP contribution in [0.15, 0.2) is 9.85 Å². The topological polar surface area (TPSA) is 0 Å². The molecule has 0 fully saturated rings. The van der Waals surface area contributed by atoms with Crippen LogP contribution in [0.25, 0.3) is 0 Å². The lowest BCUT2D eigenvalue weighted by molar-refractivity contribution is 0.336. The molecule has 3 heteroatoms. The predicted octanol–water partition coefficient (Wildman–Crippen LogP) is 5.54. The Hall–Kier alpha value is 0.470. The van der Waals surface area contributed by atoms with Gasteiger partial charge in [0.15, 0.2) is 0 Å². The summed E-state index contributed by atoms with van der Waals surface area (Å²) in [6, 6.07) is 2.15. The van der Waals surface area contributed by atoms with Crippen molar-refractivity contribution >= 4 is 38.9 Å². The minimum absolute atomic E-state index is 0.107. The molecule has 0 spiro atoms. The molecule has 0 nitrogen and oxygen atoms in total. The summed E-state index contributed by atoms with van der Waals surface area (Å²) < 4.78 is 1.17. The fourth-order valence-electron chi connectivity index (χ4n) is 1.31. The average Bonchev–Trinajstić information content (AvgIpc) is 2.44. The smallest absolute Gasteiger partial charge is 0.0704 e. The van der Waals surface area contributed by atoms with Crippen molar-refractivity contribution in [2.45, 2.75) is 39.5 Å². The number of alkyl halides is 1. The third-order valence-electron chi connectivity index (χ3n) is 2.80. The molecule has 1 unspecified atom stereocenters. The second-order valence-electron chi connectivity index (χ2n) is 4.27. The maximum atomic E-state index is 6.50. The van der Waals surface area contributed by atoms with Gasteiger partial charge in [0, 0.05) is 4.88 Å². The number of hydrogen-bond donors (Lipinski definition) is 0. The fraction of sp³-hybridized carbons (Fsp3) is 0.636. The third-order valence-corrected chi connectivity index (χ3v) is 5.19. The van der Waals surface area contributed by atoms with Gasteiger partial charge < -0.3 is 0 Å². The van der Waals surface area contributed by atoms with Gasteiger partial charge in [-0.25, -0.2) is 0 Å². The summed E-state index contributed by atoms with van der Waals surface area (Å²) in [4.78, 5) is 1.32. The maximum Gasteiger partial charge on any atom is 0.0704 e. The Kier molecular flexibility index (Phi) is 4.07. The highest BCUT2D eigenvalue weighted by atomic mass is 79.9. The van der Waals surface area contributed by atoms with Gasteiger partial charge in [0.2, 0.25) is 0 Å². The molecule has 0 bridgehead atoms. The highest BCUT2D eigenvalue weighted by Crippen LogP contribution is 2.45. The molecule has 1 aromatic heterocycles. The van der Waals surface area contributed by atoms with E-state index in [1.165, 1.54) is 14.2 Å². The van der Waals surface area contributed by atoms with Crippen molar-refractivity contribution in [2.75, 3.05) is 0 Å². The van der Waals surface area contributed by atoms with E-state index in [1.807, 2.05) is 0 Å². The van der Waals surface area contributed by atoms with Crippen LogP contribution in [-0.4, -0.2) is 0 Å². The number of thiophene rings is 1. The fourth-order valence-corrected chi connectivity index (χ4v) is 3.50. The number of rotatable bonds is 3. The van der Waals surface area contributed by atoms with E-state index in [-0.39, 0.29) is 10.8 Å². The Balaban J connectivity index is 3.00. The van der Waals surface area contributed by atoms with Gasteiger partial charge in [-0.1, -0.05) is 20.8 Å². The van der Waals surface area contributed by atoms with Gasteiger partial charge in [0.25, 0.3) is 0 Å². The van der Waals surface area contributed by atoms with E-state index in [0.29, 0.717) is 0 Å². The molecule has 1 aromatic rings. The van der Waals surface area contributed by atoms with Crippen molar-refractivity contribution in [1.82, 2.24) is 0 Å². The summed E-state index contributed by atoms with van der Waals surface area (Å²) in [5.74, 6) is 0. The summed E-state index contributed by atoms with van der Waals surface area (Å²) in [5.41, 5.74) is 1.43. The molecule has 1 atom stereocenters. The van der Waals surface area contributed by atoms with E-state index in [2.05, 4.69) is 49.7 Å². The lowest BCUT2D eigenvalue weighted by atomic mass is 9.83. The van der Waals surface area contributed by atoms with Gasteiger partial charge in [-0.05, 0) is 46.3 Å². The first kappa shape index (κ1) is 12.5. The molecule has 0 saturated carbocycles. The minimum atomic E-state index is 0.107. The molecular weight excluding hydrogens is 280 g/mol. The van der Waals surface area contributed by atoms with Crippen molar-refractivity contribution < 1.29 is 0 Å². The summed E-state index contributed by atoms with van der Waals surface area (Å²) in [7, 11) is 0. The monoisotopic (exact) mass is 294 g/mol. The molecule has 1 heterocycles. The molecule has 0 N–H and O–H groups in total. The van der Waals surface area contributed by atoms with Crippen LogP contribution in [0.2, 0.25) is 0 Å². The van der Waals surface area contributed by atoms with Gasteiger partial charge in [-0.3, -0.25) is 0 Å². The lowest BCUT2D eigenvalue weighted by Gasteiger charge is -2.28. The average molecular weight is 296 g/mol. The zero-order valence-electron chi connectivity index (χ0n) is 9.03. The van der Waals surface area contributed by atoms with Crippen molar-refractivity contribution in [2.24, 2.45) is 5.41 Å². The Bertz CT molecular complexity index is 317. The first-order valence-electron chi connectivity index (χ1n) is 4.78. The van der Waals surface area contributed by atoms with Gasteiger partial charge in [-0.15, -0.1) is 22.9 Å². The molecule has 80 valence electrons. The van der Waals surface area contributed by atoms with Crippen LogP contribution < -0.4 is 0 Å². The zero-order valence-corrected chi connectivity index (χ0v) is 12.2. The van der Waals surface area contributed by atoms with Gasteiger partial charge in [0.1, 0.15) is 0 Å². The van der Waals surface area contributed by atoms with E-state index in [9.17, 15) is 0 Å². The number of halogens is 2. The van der Waals surface area contributed by atoms with Gasteiger partial charge in [-0.2, -0.15) is 0 Å². The summed E-state index contributed by atoms with van der Waals surface area (Å²) in [6.07, 6.45) is 1.09. The van der Waals surface area contributed by atoms with E-state index >= 15 is 0 Å². The molecule has 0 aromatic carbocycles. The molecular formula is C11H16BrClS. The first-order valence-corrected chi connectivity index (χ1v) is 6.83. The normalized spacial score (nSPS) is 14.4. The molecule has 14 heavy (non-hydrogen) atoms. The van der Waals surface area contributed by atoms with Gasteiger partial charge >= 0.3 is 0 Å². The molecule has 0 aliphatic carbocycles. The highest BCUT2D eigenvalue weighted by Gasteiger charge is 2.29. The van der Waals surface area contributed by atoms with E-state index in [1.54, 1.807) is 11.3 Å². The molecule has 1 rings (SSSR count). The summed E-state index contributed by atoms with van der Waals surface area (Å²) >= 11 is 11.8. The van der Waals surface area contributed by atoms with Crippen molar-refractivity contribution in [3.8, 4) is 0 Å². The predicted molar refractivity (Wildman–Crippen MR) is 69.4 cm³/mol. The molecule has 0 aliphatic heterocycles. The SMILES string of the molecule is CCC(C)(C)C(Cl)c1cc(Br)sc1C. The third kappa shape index (κ3) is 2.53. The van der Waals surface area contributed by atoms with Crippen LogP contribution in [0.1, 0.15) is 43.0 Å². The Morgan fingerprint density at radius 3 is 2.50 bits per heavy atom. The summed E-state index contributed by atoms with van der Waals surface area (Å²) in [5, 5.41) is 0.107. The second kappa shape index (κ2) is 4.54. The van der Waals surface area contributed by atoms with E-state index in [4.69, 9.17) is 11.6 Å². The summed E-state index contributed by atoms with van der Waals surface area (Å²) in [6.45, 7) is 8.75.